The van der Waals surface area contributed by atoms with Crippen LogP contribution in [0.3, 0.4) is 0 Å². The molecule has 18 heavy (non-hydrogen) atoms. The zero-order valence-corrected chi connectivity index (χ0v) is 12.3. The first-order valence-corrected chi connectivity index (χ1v) is 6.17. The van der Waals surface area contributed by atoms with Gasteiger partial charge in [0.2, 0.25) is 0 Å². The van der Waals surface area contributed by atoms with Crippen LogP contribution in [0.4, 0.5) is 0 Å². The number of halogens is 1. The molecule has 0 saturated carbocycles. The summed E-state index contributed by atoms with van der Waals surface area (Å²) in [7, 11) is 0. The lowest BCUT2D eigenvalue weighted by Crippen LogP contribution is -2.23. The van der Waals surface area contributed by atoms with Gasteiger partial charge in [0.25, 0.3) is 0 Å². The van der Waals surface area contributed by atoms with Crippen molar-refractivity contribution in [3.63, 3.8) is 0 Å². The van der Waals surface area contributed by atoms with Crippen LogP contribution in [-0.2, 0) is 0 Å². The van der Waals surface area contributed by atoms with E-state index < -0.39 is 0 Å². The number of hydrogen-bond acceptors (Lipinski definition) is 3. The molecule has 1 rings (SSSR count). The summed E-state index contributed by atoms with van der Waals surface area (Å²) in [6.45, 7) is 6.80. The lowest BCUT2D eigenvalue weighted by molar-refractivity contribution is 0.131. The highest BCUT2D eigenvalue weighted by Gasteiger charge is 2.12. The molecule has 0 bridgehead atoms. The number of ether oxygens (including phenoxy) is 1. The van der Waals surface area contributed by atoms with Crippen LogP contribution >= 0.6 is 12.4 Å². The lowest BCUT2D eigenvalue weighted by Gasteiger charge is -2.21. The highest BCUT2D eigenvalue weighted by Crippen LogP contribution is 2.22. The van der Waals surface area contributed by atoms with Gasteiger partial charge in [0.1, 0.15) is 11.4 Å². The van der Waals surface area contributed by atoms with Crippen LogP contribution in [0.5, 0.6) is 5.75 Å². The Hall–Kier alpha value is -0.770. The van der Waals surface area contributed by atoms with E-state index in [-0.39, 0.29) is 24.0 Å². The lowest BCUT2D eigenvalue weighted by atomic mass is 10.0. The second kappa shape index (κ2) is 7.62. The van der Waals surface area contributed by atoms with Crippen molar-refractivity contribution in [1.29, 1.82) is 0 Å². The monoisotopic (exact) mass is 272 g/mol. The Balaban J connectivity index is 0.00000289. The van der Waals surface area contributed by atoms with Crippen molar-refractivity contribution >= 4 is 12.4 Å². The van der Waals surface area contributed by atoms with Crippen molar-refractivity contribution in [2.75, 3.05) is 6.54 Å². The normalized spacial score (nSPS) is 12.7. The van der Waals surface area contributed by atoms with Gasteiger partial charge in [-0.2, -0.15) is 0 Å². The van der Waals surface area contributed by atoms with E-state index in [1.807, 2.05) is 45.0 Å². The largest absolute Gasteiger partial charge is 0.488 e. The van der Waals surface area contributed by atoms with Crippen molar-refractivity contribution in [3.05, 3.63) is 29.8 Å². The van der Waals surface area contributed by atoms with E-state index in [9.17, 15) is 0 Å². The van der Waals surface area contributed by atoms with E-state index in [2.05, 4.69) is 0 Å². The van der Waals surface area contributed by atoms with Gasteiger partial charge in [-0.05, 0) is 57.9 Å². The first kappa shape index (κ1) is 17.2. The minimum Gasteiger partial charge on any atom is -0.488 e. The Bertz CT molecular complexity index is 333. The number of nitrogens with two attached hydrogens (primary N) is 2. The van der Waals surface area contributed by atoms with Crippen molar-refractivity contribution in [2.45, 2.75) is 45.3 Å². The molecule has 0 amide bonds. The molecule has 4 N–H and O–H groups in total. The van der Waals surface area contributed by atoms with Crippen molar-refractivity contribution in [3.8, 4) is 5.75 Å². The summed E-state index contributed by atoms with van der Waals surface area (Å²) >= 11 is 0. The maximum Gasteiger partial charge on any atom is 0.120 e. The third kappa shape index (κ3) is 6.24. The smallest absolute Gasteiger partial charge is 0.120 e. The van der Waals surface area contributed by atoms with E-state index in [1.165, 1.54) is 0 Å². The summed E-state index contributed by atoms with van der Waals surface area (Å²) in [5.41, 5.74) is 12.5. The summed E-state index contributed by atoms with van der Waals surface area (Å²) in [4.78, 5) is 0. The van der Waals surface area contributed by atoms with Gasteiger partial charge in [0.15, 0.2) is 0 Å². The second-order valence-corrected chi connectivity index (χ2v) is 5.32. The van der Waals surface area contributed by atoms with E-state index in [1.54, 1.807) is 0 Å². The van der Waals surface area contributed by atoms with Gasteiger partial charge in [-0.1, -0.05) is 12.1 Å². The quantitative estimate of drug-likeness (QED) is 0.866. The minimum atomic E-state index is -0.164. The van der Waals surface area contributed by atoms with Gasteiger partial charge in [-0.3, -0.25) is 0 Å². The molecule has 0 aliphatic rings. The molecule has 3 nitrogen and oxygen atoms in total. The fraction of sp³-hybridized carbons (Fsp3) is 0.571. The molecule has 1 aromatic carbocycles. The third-order valence-corrected chi connectivity index (χ3v) is 2.45. The van der Waals surface area contributed by atoms with E-state index >= 15 is 0 Å². The first-order chi connectivity index (χ1) is 7.92. The zero-order chi connectivity index (χ0) is 12.9. The van der Waals surface area contributed by atoms with Crippen LogP contribution in [0.2, 0.25) is 0 Å². The first-order valence-electron chi connectivity index (χ1n) is 6.17. The number of benzene rings is 1. The molecule has 1 atom stereocenters. The third-order valence-electron chi connectivity index (χ3n) is 2.45. The molecule has 0 unspecified atom stereocenters. The molecule has 0 aromatic heterocycles. The van der Waals surface area contributed by atoms with Crippen LogP contribution in [0.1, 0.15) is 45.2 Å². The molecule has 0 fully saturated rings. The molecule has 104 valence electrons. The van der Waals surface area contributed by atoms with E-state index in [4.69, 9.17) is 16.2 Å². The van der Waals surface area contributed by atoms with Gasteiger partial charge in [0.05, 0.1) is 0 Å². The maximum atomic E-state index is 6.06. The van der Waals surface area contributed by atoms with E-state index in [0.717, 1.165) is 24.2 Å². The topological polar surface area (TPSA) is 61.3 Å². The Kier molecular flexibility index (Phi) is 7.29. The van der Waals surface area contributed by atoms with Crippen molar-refractivity contribution in [2.24, 2.45) is 11.5 Å². The number of rotatable bonds is 5. The molecule has 0 saturated heterocycles. The van der Waals surface area contributed by atoms with Crippen LogP contribution in [0.15, 0.2) is 24.3 Å². The fourth-order valence-electron chi connectivity index (χ4n) is 1.64. The summed E-state index contributed by atoms with van der Waals surface area (Å²) in [6.07, 6.45) is 1.89. The Morgan fingerprint density at radius 1 is 1.17 bits per heavy atom. The highest BCUT2D eigenvalue weighted by molar-refractivity contribution is 5.85. The van der Waals surface area contributed by atoms with Gasteiger partial charge in [-0.25, -0.2) is 0 Å². The standard InChI is InChI=1S/C14H24N2O.ClH/c1-14(2,3)17-12-8-6-11(7-9-12)13(16)5-4-10-15;/h6-9,13H,4-5,10,15-16H2,1-3H3;1H/t13-;/m1./s1. The summed E-state index contributed by atoms with van der Waals surface area (Å²) in [5.74, 6) is 0.882. The Morgan fingerprint density at radius 3 is 2.17 bits per heavy atom. The predicted octanol–water partition coefficient (Wildman–Crippen LogP) is 3.02. The predicted molar refractivity (Wildman–Crippen MR) is 79.3 cm³/mol. The molecule has 0 aliphatic heterocycles. The molecule has 0 aliphatic carbocycles. The van der Waals surface area contributed by atoms with Gasteiger partial charge in [0, 0.05) is 6.04 Å². The summed E-state index contributed by atoms with van der Waals surface area (Å²) < 4.78 is 5.76. The van der Waals surface area contributed by atoms with E-state index in [0.29, 0.717) is 6.54 Å². The SMILES string of the molecule is CC(C)(C)Oc1ccc([C@H](N)CCCN)cc1.Cl. The highest BCUT2D eigenvalue weighted by atomic mass is 35.5. The molecular weight excluding hydrogens is 248 g/mol. The average molecular weight is 273 g/mol. The van der Waals surface area contributed by atoms with Crippen LogP contribution < -0.4 is 16.2 Å². The fourth-order valence-corrected chi connectivity index (χ4v) is 1.64. The molecule has 0 heterocycles. The number of hydrogen-bond donors (Lipinski definition) is 2. The second-order valence-electron chi connectivity index (χ2n) is 5.32. The maximum absolute atomic E-state index is 6.06. The minimum absolute atomic E-state index is 0. The molecular formula is C14H25ClN2O. The Labute approximate surface area is 116 Å². The van der Waals surface area contributed by atoms with Gasteiger partial charge >= 0.3 is 0 Å². The van der Waals surface area contributed by atoms with Gasteiger partial charge < -0.3 is 16.2 Å². The summed E-state index contributed by atoms with van der Waals surface area (Å²) in [6, 6.07) is 8.08. The van der Waals surface area contributed by atoms with Crippen molar-refractivity contribution in [1.82, 2.24) is 0 Å². The molecule has 0 radical (unpaired) electrons. The molecule has 4 heteroatoms. The van der Waals surface area contributed by atoms with Crippen LogP contribution in [0, 0.1) is 0 Å². The van der Waals surface area contributed by atoms with Gasteiger partial charge in [-0.15, -0.1) is 12.4 Å². The Morgan fingerprint density at radius 2 is 1.72 bits per heavy atom. The summed E-state index contributed by atoms with van der Waals surface area (Å²) in [5, 5.41) is 0. The molecule has 0 spiro atoms. The van der Waals surface area contributed by atoms with Crippen LogP contribution in [0.25, 0.3) is 0 Å². The molecule has 1 aromatic rings. The van der Waals surface area contributed by atoms with Crippen LogP contribution in [-0.4, -0.2) is 12.1 Å². The zero-order valence-electron chi connectivity index (χ0n) is 11.5. The van der Waals surface area contributed by atoms with Crippen molar-refractivity contribution < 1.29 is 4.74 Å². The average Bonchev–Trinajstić information content (AvgIpc) is 2.24.